The maximum Gasteiger partial charge on any atom is 0.340 e. The van der Waals surface area contributed by atoms with Gasteiger partial charge in [-0.1, -0.05) is 34.1 Å². The summed E-state index contributed by atoms with van der Waals surface area (Å²) in [6.07, 6.45) is 1.62. The van der Waals surface area contributed by atoms with Gasteiger partial charge >= 0.3 is 5.97 Å². The zero-order chi connectivity index (χ0) is 21.1. The van der Waals surface area contributed by atoms with Gasteiger partial charge in [-0.05, 0) is 37.3 Å². The van der Waals surface area contributed by atoms with E-state index in [9.17, 15) is 9.59 Å². The second kappa shape index (κ2) is 8.53. The number of hydrogen-bond donors (Lipinski definition) is 0. The molecule has 0 radical (unpaired) electrons. The highest BCUT2D eigenvalue weighted by atomic mass is 79.9. The zero-order valence-electron chi connectivity index (χ0n) is 16.5. The summed E-state index contributed by atoms with van der Waals surface area (Å²) in [4.78, 5) is 27.4. The molecule has 7 heteroatoms. The molecule has 0 saturated carbocycles. The largest absolute Gasteiger partial charge is 0.493 e. The van der Waals surface area contributed by atoms with E-state index in [4.69, 9.17) is 14.2 Å². The number of carbonyl (C=O) groups is 2. The third-order valence-corrected chi connectivity index (χ3v) is 5.08. The summed E-state index contributed by atoms with van der Waals surface area (Å²) in [6.45, 7) is 1.72. The van der Waals surface area contributed by atoms with Crippen molar-refractivity contribution in [3.63, 3.8) is 0 Å². The van der Waals surface area contributed by atoms with Crippen molar-refractivity contribution >= 4 is 39.6 Å². The average molecular weight is 458 g/mol. The molecule has 150 valence electrons. The van der Waals surface area contributed by atoms with E-state index in [1.54, 1.807) is 37.3 Å². The maximum absolute atomic E-state index is 13.3. The van der Waals surface area contributed by atoms with Crippen LogP contribution in [0, 0.1) is 0 Å². The van der Waals surface area contributed by atoms with E-state index in [-0.39, 0.29) is 17.1 Å². The number of rotatable bonds is 5. The fourth-order valence-electron chi connectivity index (χ4n) is 3.29. The summed E-state index contributed by atoms with van der Waals surface area (Å²) in [5.41, 5.74) is 2.18. The molecule has 2 aromatic carbocycles. The van der Waals surface area contributed by atoms with Gasteiger partial charge in [-0.25, -0.2) is 4.79 Å². The quantitative estimate of drug-likeness (QED) is 0.493. The van der Waals surface area contributed by atoms with Crippen LogP contribution in [0.2, 0.25) is 0 Å². The van der Waals surface area contributed by atoms with Gasteiger partial charge in [0.2, 0.25) is 0 Å². The van der Waals surface area contributed by atoms with Crippen LogP contribution in [0.1, 0.15) is 12.5 Å². The van der Waals surface area contributed by atoms with E-state index in [0.717, 1.165) is 4.47 Å². The molecule has 0 saturated heterocycles. The number of esters is 1. The summed E-state index contributed by atoms with van der Waals surface area (Å²) in [5.74, 6) is 0.0851. The lowest BCUT2D eigenvalue weighted by Crippen LogP contribution is -2.24. The van der Waals surface area contributed by atoms with E-state index in [1.165, 1.54) is 26.2 Å². The van der Waals surface area contributed by atoms with Crippen molar-refractivity contribution in [1.29, 1.82) is 0 Å². The van der Waals surface area contributed by atoms with Crippen LogP contribution < -0.4 is 14.4 Å². The second-order valence-electron chi connectivity index (χ2n) is 6.21. The monoisotopic (exact) mass is 457 g/mol. The van der Waals surface area contributed by atoms with Gasteiger partial charge in [0.15, 0.2) is 11.5 Å². The van der Waals surface area contributed by atoms with Crippen LogP contribution in [0.25, 0.3) is 6.08 Å². The van der Waals surface area contributed by atoms with E-state index < -0.39 is 5.97 Å². The third-order valence-electron chi connectivity index (χ3n) is 4.59. The van der Waals surface area contributed by atoms with Crippen molar-refractivity contribution in [2.75, 3.05) is 26.2 Å². The Balaban J connectivity index is 2.20. The third kappa shape index (κ3) is 3.78. The molecular weight excluding hydrogens is 438 g/mol. The number of carbonyl (C=O) groups excluding carboxylic acids is 2. The molecule has 1 heterocycles. The molecule has 6 nitrogen and oxygen atoms in total. The van der Waals surface area contributed by atoms with E-state index >= 15 is 0 Å². The summed E-state index contributed by atoms with van der Waals surface area (Å²) < 4.78 is 16.6. The first kappa shape index (κ1) is 20.7. The van der Waals surface area contributed by atoms with Gasteiger partial charge in [-0.3, -0.25) is 9.69 Å². The molecule has 1 aliphatic heterocycles. The molecule has 0 atom stereocenters. The highest BCUT2D eigenvalue weighted by molar-refractivity contribution is 9.10. The van der Waals surface area contributed by atoms with Gasteiger partial charge in [0.05, 0.1) is 38.2 Å². The number of methoxy groups -OCH3 is 3. The molecule has 1 aliphatic rings. The van der Waals surface area contributed by atoms with E-state index in [2.05, 4.69) is 15.9 Å². The predicted molar refractivity (Wildman–Crippen MR) is 114 cm³/mol. The zero-order valence-corrected chi connectivity index (χ0v) is 18.1. The van der Waals surface area contributed by atoms with Crippen LogP contribution in [0.4, 0.5) is 5.69 Å². The van der Waals surface area contributed by atoms with Gasteiger partial charge in [-0.2, -0.15) is 0 Å². The summed E-state index contributed by atoms with van der Waals surface area (Å²) >= 11 is 3.42. The second-order valence-corrected chi connectivity index (χ2v) is 7.13. The molecule has 0 spiro atoms. The van der Waals surface area contributed by atoms with Gasteiger partial charge in [0.1, 0.15) is 0 Å². The van der Waals surface area contributed by atoms with Crippen molar-refractivity contribution in [3.05, 3.63) is 69.3 Å². The Labute approximate surface area is 177 Å². The molecule has 0 N–H and O–H groups in total. The van der Waals surface area contributed by atoms with Crippen molar-refractivity contribution in [1.82, 2.24) is 0 Å². The minimum atomic E-state index is -0.582. The number of halogens is 1. The molecule has 0 fully saturated rings. The number of ether oxygens (including phenoxy) is 3. The first-order valence-electron chi connectivity index (χ1n) is 8.75. The first-order chi connectivity index (χ1) is 13.9. The van der Waals surface area contributed by atoms with E-state index in [0.29, 0.717) is 28.4 Å². The minimum absolute atomic E-state index is 0.211. The Kier molecular flexibility index (Phi) is 6.08. The Bertz CT molecular complexity index is 1040. The van der Waals surface area contributed by atoms with Crippen molar-refractivity contribution in [3.8, 4) is 11.5 Å². The number of amides is 1. The number of anilines is 1. The number of benzene rings is 2. The molecule has 0 aliphatic carbocycles. The lowest BCUT2D eigenvalue weighted by Gasteiger charge is -2.18. The first-order valence-corrected chi connectivity index (χ1v) is 9.54. The van der Waals surface area contributed by atoms with Gasteiger partial charge < -0.3 is 14.2 Å². The fourth-order valence-corrected chi connectivity index (χ4v) is 3.67. The fraction of sp³-hybridized carbons (Fsp3) is 0.182. The van der Waals surface area contributed by atoms with Crippen molar-refractivity contribution in [2.24, 2.45) is 0 Å². The topological polar surface area (TPSA) is 65.1 Å². The predicted octanol–water partition coefficient (Wildman–Crippen LogP) is 4.34. The van der Waals surface area contributed by atoms with Crippen LogP contribution >= 0.6 is 15.9 Å². The molecule has 2 aromatic rings. The van der Waals surface area contributed by atoms with Gasteiger partial charge in [-0.15, -0.1) is 0 Å². The SMILES string of the molecule is COC(=O)C1=C(C)N(c2cccc(Br)c2)C(=O)/C1=C\c1cccc(OC)c1OC. The van der Waals surface area contributed by atoms with Crippen LogP contribution in [0.3, 0.4) is 0 Å². The summed E-state index contributed by atoms with van der Waals surface area (Å²) in [6, 6.07) is 12.6. The molecule has 29 heavy (non-hydrogen) atoms. The minimum Gasteiger partial charge on any atom is -0.493 e. The van der Waals surface area contributed by atoms with Crippen LogP contribution in [-0.4, -0.2) is 33.2 Å². The molecule has 1 amide bonds. The van der Waals surface area contributed by atoms with Crippen LogP contribution in [-0.2, 0) is 14.3 Å². The highest BCUT2D eigenvalue weighted by Gasteiger charge is 2.38. The summed E-state index contributed by atoms with van der Waals surface area (Å²) in [7, 11) is 4.35. The lowest BCUT2D eigenvalue weighted by molar-refractivity contribution is -0.136. The number of allylic oxidation sites excluding steroid dienone is 1. The van der Waals surface area contributed by atoms with E-state index in [1.807, 2.05) is 18.2 Å². The summed E-state index contributed by atoms with van der Waals surface area (Å²) in [5, 5.41) is 0. The molecule has 0 bridgehead atoms. The molecule has 0 aromatic heterocycles. The average Bonchev–Trinajstić information content (AvgIpc) is 2.96. The van der Waals surface area contributed by atoms with Crippen LogP contribution in [0.15, 0.2) is 63.8 Å². The Morgan fingerprint density at radius 2 is 1.79 bits per heavy atom. The normalized spacial score (nSPS) is 15.1. The highest BCUT2D eigenvalue weighted by Crippen LogP contribution is 2.38. The maximum atomic E-state index is 13.3. The van der Waals surface area contributed by atoms with Gasteiger partial charge in [0, 0.05) is 15.7 Å². The molecule has 0 unspecified atom stereocenters. The van der Waals surface area contributed by atoms with Gasteiger partial charge in [0.25, 0.3) is 5.91 Å². The number of nitrogens with zero attached hydrogens (tertiary/aromatic N) is 1. The van der Waals surface area contributed by atoms with Crippen molar-refractivity contribution in [2.45, 2.75) is 6.92 Å². The number of hydrogen-bond acceptors (Lipinski definition) is 5. The molecule has 3 rings (SSSR count). The van der Waals surface area contributed by atoms with Crippen LogP contribution in [0.5, 0.6) is 11.5 Å². The Hall–Kier alpha value is -3.06. The Morgan fingerprint density at radius 3 is 2.41 bits per heavy atom. The molecular formula is C22H20BrNO5. The Morgan fingerprint density at radius 1 is 1.07 bits per heavy atom. The van der Waals surface area contributed by atoms with Crippen molar-refractivity contribution < 1.29 is 23.8 Å². The number of para-hydroxylation sites is 1. The lowest BCUT2D eigenvalue weighted by atomic mass is 10.0. The standard InChI is InChI=1S/C22H20BrNO5/c1-13-19(22(26)29-4)17(11-14-7-5-10-18(27-2)20(14)28-3)21(25)24(13)16-9-6-8-15(23)12-16/h5-12H,1-4H3/b17-11-. The smallest absolute Gasteiger partial charge is 0.340 e.